The molecule has 0 bridgehead atoms. The highest BCUT2D eigenvalue weighted by Gasteiger charge is 2.44. The van der Waals surface area contributed by atoms with Gasteiger partial charge in [-0.15, -0.1) is 0 Å². The molecule has 2 atom stereocenters. The molecule has 0 N–H and O–H groups in total. The van der Waals surface area contributed by atoms with Crippen LogP contribution in [0.25, 0.3) is 11.0 Å². The molecule has 4 rings (SSSR count). The van der Waals surface area contributed by atoms with Crippen molar-refractivity contribution in [3.63, 3.8) is 0 Å². The van der Waals surface area contributed by atoms with Crippen LogP contribution in [0.15, 0.2) is 45.5 Å². The summed E-state index contributed by atoms with van der Waals surface area (Å²) in [5, 5.41) is 0. The van der Waals surface area contributed by atoms with Crippen molar-refractivity contribution in [2.45, 2.75) is 71.0 Å². The Bertz CT molecular complexity index is 1110. The number of hydrogen-bond donors (Lipinski definition) is 0. The molecule has 4 heterocycles. The Balaban J connectivity index is 1.74. The first-order valence-electron chi connectivity index (χ1n) is 10.8. The van der Waals surface area contributed by atoms with Crippen LogP contribution >= 0.6 is 0 Å². The van der Waals surface area contributed by atoms with Crippen molar-refractivity contribution in [1.29, 1.82) is 0 Å². The lowest BCUT2D eigenvalue weighted by atomic mass is 9.93. The molecular weight excluding hydrogens is 402 g/mol. The van der Waals surface area contributed by atoms with Crippen molar-refractivity contribution in [3.05, 3.63) is 41.2 Å². The molecule has 0 spiro atoms. The SMILES string of the molecule is CCC(C)n1c(=O)n(CC2=NC3=NC=CCC3(C)N2CCCC(F)F)c2cnccc21. The van der Waals surface area contributed by atoms with Crippen LogP contribution < -0.4 is 5.69 Å². The second-order valence-electron chi connectivity index (χ2n) is 8.39. The van der Waals surface area contributed by atoms with E-state index in [-0.39, 0.29) is 24.7 Å². The van der Waals surface area contributed by atoms with Gasteiger partial charge in [0.05, 0.1) is 23.8 Å². The minimum absolute atomic E-state index is 0.0417. The van der Waals surface area contributed by atoms with Gasteiger partial charge in [-0.1, -0.05) is 13.0 Å². The van der Waals surface area contributed by atoms with Gasteiger partial charge in [-0.25, -0.2) is 23.6 Å². The second kappa shape index (κ2) is 8.36. The van der Waals surface area contributed by atoms with Crippen molar-refractivity contribution >= 4 is 22.7 Å². The number of nitrogens with zero attached hydrogens (tertiary/aromatic N) is 6. The predicted octanol–water partition coefficient (Wildman–Crippen LogP) is 4.00. The van der Waals surface area contributed by atoms with Crippen LogP contribution in [-0.2, 0) is 6.54 Å². The number of hydrogen-bond acceptors (Lipinski definition) is 5. The van der Waals surface area contributed by atoms with Gasteiger partial charge in [0.25, 0.3) is 0 Å². The normalized spacial score (nSPS) is 21.5. The van der Waals surface area contributed by atoms with Gasteiger partial charge in [-0.3, -0.25) is 14.1 Å². The lowest BCUT2D eigenvalue weighted by molar-refractivity contribution is 0.128. The number of aliphatic imine (C=N–C) groups is 2. The molecule has 0 amide bonds. The Morgan fingerprint density at radius 3 is 2.84 bits per heavy atom. The Labute approximate surface area is 179 Å². The van der Waals surface area contributed by atoms with E-state index in [1.807, 2.05) is 37.8 Å². The highest BCUT2D eigenvalue weighted by atomic mass is 19.3. The van der Waals surface area contributed by atoms with Crippen molar-refractivity contribution in [2.75, 3.05) is 6.54 Å². The average molecular weight is 431 g/mol. The quantitative estimate of drug-likeness (QED) is 0.636. The molecule has 9 heteroatoms. The molecule has 0 radical (unpaired) electrons. The molecule has 2 aliphatic rings. The third-order valence-corrected chi connectivity index (χ3v) is 6.34. The van der Waals surface area contributed by atoms with Gasteiger partial charge in [0, 0.05) is 31.4 Å². The number of rotatable bonds is 8. The summed E-state index contributed by atoms with van der Waals surface area (Å²) in [6.45, 7) is 6.77. The largest absolute Gasteiger partial charge is 0.345 e. The molecular formula is C22H28F2N6O. The summed E-state index contributed by atoms with van der Waals surface area (Å²) in [6.07, 6.45) is 6.43. The second-order valence-corrected chi connectivity index (χ2v) is 8.39. The number of amidine groups is 2. The molecule has 31 heavy (non-hydrogen) atoms. The molecule has 0 saturated heterocycles. The minimum atomic E-state index is -2.34. The van der Waals surface area contributed by atoms with E-state index in [1.165, 1.54) is 0 Å². The lowest BCUT2D eigenvalue weighted by Gasteiger charge is -2.37. The molecule has 166 valence electrons. The molecule has 0 fully saturated rings. The summed E-state index contributed by atoms with van der Waals surface area (Å²) in [7, 11) is 0. The zero-order valence-electron chi connectivity index (χ0n) is 18.1. The number of imidazole rings is 1. The van der Waals surface area contributed by atoms with E-state index in [2.05, 4.69) is 9.98 Å². The fraction of sp³-hybridized carbons (Fsp3) is 0.545. The first-order chi connectivity index (χ1) is 14.9. The number of halogens is 2. The summed E-state index contributed by atoms with van der Waals surface area (Å²) < 4.78 is 29.0. The van der Waals surface area contributed by atoms with Crippen molar-refractivity contribution in [1.82, 2.24) is 19.0 Å². The fourth-order valence-corrected chi connectivity index (χ4v) is 4.41. The Morgan fingerprint density at radius 1 is 1.29 bits per heavy atom. The van der Waals surface area contributed by atoms with Crippen LogP contribution in [0.3, 0.4) is 0 Å². The molecule has 2 aromatic rings. The predicted molar refractivity (Wildman–Crippen MR) is 118 cm³/mol. The van der Waals surface area contributed by atoms with Crippen LogP contribution in [0.4, 0.5) is 8.78 Å². The van der Waals surface area contributed by atoms with Crippen LogP contribution in [0.1, 0.15) is 52.5 Å². The Kier molecular flexibility index (Phi) is 5.77. The van der Waals surface area contributed by atoms with Gasteiger partial charge in [-0.2, -0.15) is 0 Å². The van der Waals surface area contributed by atoms with Crippen LogP contribution in [0.2, 0.25) is 0 Å². The van der Waals surface area contributed by atoms with E-state index < -0.39 is 12.0 Å². The lowest BCUT2D eigenvalue weighted by Crippen LogP contribution is -2.51. The summed E-state index contributed by atoms with van der Waals surface area (Å²) in [5.74, 6) is 1.34. The van der Waals surface area contributed by atoms with Gasteiger partial charge >= 0.3 is 5.69 Å². The zero-order chi connectivity index (χ0) is 22.2. The van der Waals surface area contributed by atoms with Gasteiger partial charge in [0.1, 0.15) is 11.4 Å². The van der Waals surface area contributed by atoms with Crippen LogP contribution in [0.5, 0.6) is 0 Å². The number of pyridine rings is 1. The third-order valence-electron chi connectivity index (χ3n) is 6.34. The number of alkyl halides is 2. The first-order valence-corrected chi connectivity index (χ1v) is 10.8. The highest BCUT2D eigenvalue weighted by Crippen LogP contribution is 2.33. The van der Waals surface area contributed by atoms with E-state index in [9.17, 15) is 13.6 Å². The first kappa shape index (κ1) is 21.4. The Hall–Kier alpha value is -2.84. The van der Waals surface area contributed by atoms with E-state index in [0.717, 1.165) is 17.5 Å². The number of fused-ring (bicyclic) bond motifs is 2. The maximum absolute atomic E-state index is 13.4. The van der Waals surface area contributed by atoms with Crippen LogP contribution in [0, 0.1) is 0 Å². The van der Waals surface area contributed by atoms with E-state index in [0.29, 0.717) is 31.1 Å². The maximum Gasteiger partial charge on any atom is 0.329 e. The smallest absolute Gasteiger partial charge is 0.329 e. The summed E-state index contributed by atoms with van der Waals surface area (Å²) >= 11 is 0. The topological polar surface area (TPSA) is 67.8 Å². The highest BCUT2D eigenvalue weighted by molar-refractivity contribution is 6.09. The maximum atomic E-state index is 13.4. The summed E-state index contributed by atoms with van der Waals surface area (Å²) in [5.41, 5.74) is 0.971. The van der Waals surface area contributed by atoms with Crippen molar-refractivity contribution in [2.24, 2.45) is 9.98 Å². The number of aromatic nitrogens is 3. The molecule has 2 unspecified atom stereocenters. The Morgan fingerprint density at radius 2 is 2.10 bits per heavy atom. The zero-order valence-corrected chi connectivity index (χ0v) is 18.1. The minimum Gasteiger partial charge on any atom is -0.345 e. The summed E-state index contributed by atoms with van der Waals surface area (Å²) in [6, 6.07) is 1.89. The molecule has 0 aliphatic carbocycles. The molecule has 0 aromatic carbocycles. The van der Waals surface area contributed by atoms with E-state index >= 15 is 0 Å². The van der Waals surface area contributed by atoms with Gasteiger partial charge < -0.3 is 4.90 Å². The van der Waals surface area contributed by atoms with Crippen molar-refractivity contribution < 1.29 is 8.78 Å². The monoisotopic (exact) mass is 430 g/mol. The average Bonchev–Trinajstić information content (AvgIpc) is 3.19. The molecule has 7 nitrogen and oxygen atoms in total. The molecule has 2 aliphatic heterocycles. The van der Waals surface area contributed by atoms with Crippen LogP contribution in [-0.4, -0.2) is 49.2 Å². The summed E-state index contributed by atoms with van der Waals surface area (Å²) in [4.78, 5) is 28.8. The van der Waals surface area contributed by atoms with E-state index in [4.69, 9.17) is 4.99 Å². The standard InChI is InChI=1S/C22H28F2N6O/c1-4-15(2)30-16-8-11-25-13-17(16)28(21(30)31)14-19-27-20-22(3,9-6-10-26-20)29(19)12-5-7-18(23)24/h6,8,10-11,13,15,18H,4-5,7,9,12,14H2,1-3H3. The fourth-order valence-electron chi connectivity index (χ4n) is 4.41. The van der Waals surface area contributed by atoms with Gasteiger partial charge in [0.15, 0.2) is 5.84 Å². The molecule has 2 aromatic heterocycles. The molecule has 0 saturated carbocycles. The van der Waals surface area contributed by atoms with Crippen molar-refractivity contribution in [3.8, 4) is 0 Å². The third kappa shape index (κ3) is 3.70. The van der Waals surface area contributed by atoms with Gasteiger partial charge in [0.2, 0.25) is 6.43 Å². The van der Waals surface area contributed by atoms with E-state index in [1.54, 1.807) is 27.7 Å². The van der Waals surface area contributed by atoms with Gasteiger partial charge in [-0.05, 0) is 39.2 Å².